The van der Waals surface area contributed by atoms with Crippen LogP contribution in [0.25, 0.3) is 5.69 Å². The van der Waals surface area contributed by atoms with Crippen molar-refractivity contribution in [3.63, 3.8) is 0 Å². The smallest absolute Gasteiger partial charge is 0.241 e. The molecule has 0 radical (unpaired) electrons. The molecule has 30 heavy (non-hydrogen) atoms. The number of carbonyl (C=O) groups is 1. The minimum Gasteiger partial charge on any atom is -0.454 e. The van der Waals surface area contributed by atoms with Crippen LogP contribution >= 0.6 is 0 Å². The lowest BCUT2D eigenvalue weighted by Gasteiger charge is -2.22. The minimum absolute atomic E-state index is 0.0811. The van der Waals surface area contributed by atoms with Crippen LogP contribution in [-0.4, -0.2) is 43.5 Å². The Kier molecular flexibility index (Phi) is 5.32. The van der Waals surface area contributed by atoms with Crippen molar-refractivity contribution in [3.05, 3.63) is 66.7 Å². The van der Waals surface area contributed by atoms with Gasteiger partial charge in [0.25, 0.3) is 0 Å². The van der Waals surface area contributed by atoms with E-state index in [9.17, 15) is 13.2 Å². The summed E-state index contributed by atoms with van der Waals surface area (Å²) < 4.78 is 38.0. The van der Waals surface area contributed by atoms with Gasteiger partial charge in [0.1, 0.15) is 6.54 Å². The van der Waals surface area contributed by atoms with E-state index in [-0.39, 0.29) is 19.9 Å². The molecule has 1 N–H and O–H groups in total. The Labute approximate surface area is 173 Å². The molecular weight excluding hydrogens is 408 g/mol. The summed E-state index contributed by atoms with van der Waals surface area (Å²) in [6.45, 7) is 0.0190. The van der Waals surface area contributed by atoms with Gasteiger partial charge in [-0.1, -0.05) is 12.1 Å². The summed E-state index contributed by atoms with van der Waals surface area (Å²) in [5, 5.41) is 2.76. The van der Waals surface area contributed by atoms with Crippen LogP contribution in [0, 0.1) is 0 Å². The van der Waals surface area contributed by atoms with E-state index in [4.69, 9.17) is 9.47 Å². The number of carbonyl (C=O) groups excluding carboxylic acids is 1. The molecule has 1 aliphatic heterocycles. The van der Waals surface area contributed by atoms with Gasteiger partial charge in [0.2, 0.25) is 22.7 Å². The summed E-state index contributed by atoms with van der Waals surface area (Å²) in [7, 11) is -3.68. The van der Waals surface area contributed by atoms with E-state index in [1.165, 1.54) is 0 Å². The fraction of sp³-hybridized carbons (Fsp3) is 0.200. The summed E-state index contributed by atoms with van der Waals surface area (Å²) in [5.41, 5.74) is 2.18. The second-order valence-electron chi connectivity index (χ2n) is 6.72. The van der Waals surface area contributed by atoms with Crippen molar-refractivity contribution in [2.75, 3.05) is 23.9 Å². The van der Waals surface area contributed by atoms with Crippen molar-refractivity contribution in [1.29, 1.82) is 0 Å². The van der Waals surface area contributed by atoms with Crippen molar-refractivity contribution in [3.8, 4) is 17.2 Å². The van der Waals surface area contributed by atoms with Crippen LogP contribution in [0.1, 0.15) is 5.56 Å². The van der Waals surface area contributed by atoms with E-state index < -0.39 is 15.9 Å². The van der Waals surface area contributed by atoms with Gasteiger partial charge in [-0.3, -0.25) is 9.10 Å². The molecule has 0 bridgehead atoms. The molecule has 9 nitrogen and oxygen atoms in total. The van der Waals surface area contributed by atoms with Gasteiger partial charge >= 0.3 is 0 Å². The highest BCUT2D eigenvalue weighted by atomic mass is 32.2. The summed E-state index contributed by atoms with van der Waals surface area (Å²) in [6.07, 6.45) is 6.29. The van der Waals surface area contributed by atoms with Crippen LogP contribution in [0.5, 0.6) is 11.5 Å². The Bertz CT molecular complexity index is 1140. The first kappa shape index (κ1) is 19.8. The number of hydrogen-bond donors (Lipinski definition) is 1. The quantitative estimate of drug-likeness (QED) is 0.614. The van der Waals surface area contributed by atoms with Crippen LogP contribution in [0.4, 0.5) is 5.69 Å². The van der Waals surface area contributed by atoms with Crippen molar-refractivity contribution in [1.82, 2.24) is 14.9 Å². The lowest BCUT2D eigenvalue weighted by Crippen LogP contribution is -2.40. The third-order valence-electron chi connectivity index (χ3n) is 4.56. The predicted molar refractivity (Wildman–Crippen MR) is 110 cm³/mol. The molecule has 4 rings (SSSR count). The fourth-order valence-corrected chi connectivity index (χ4v) is 3.87. The molecule has 3 aromatic rings. The Morgan fingerprint density at radius 1 is 1.17 bits per heavy atom. The van der Waals surface area contributed by atoms with Crippen molar-refractivity contribution >= 4 is 21.6 Å². The van der Waals surface area contributed by atoms with Gasteiger partial charge in [-0.05, 0) is 29.8 Å². The zero-order valence-electron chi connectivity index (χ0n) is 16.2. The Balaban J connectivity index is 1.41. The molecule has 2 aromatic carbocycles. The molecule has 156 valence electrons. The van der Waals surface area contributed by atoms with E-state index >= 15 is 0 Å². The number of aromatic nitrogens is 2. The molecule has 0 aliphatic carbocycles. The van der Waals surface area contributed by atoms with E-state index in [1.807, 2.05) is 35.0 Å². The Morgan fingerprint density at radius 3 is 2.63 bits per heavy atom. The van der Waals surface area contributed by atoms with Crippen molar-refractivity contribution < 1.29 is 22.7 Å². The van der Waals surface area contributed by atoms with E-state index in [0.29, 0.717) is 17.2 Å². The topological polar surface area (TPSA) is 103 Å². The number of imidazole rings is 1. The summed E-state index contributed by atoms with van der Waals surface area (Å²) in [5.74, 6) is 0.562. The number of rotatable bonds is 7. The monoisotopic (exact) mass is 428 g/mol. The molecule has 1 amide bonds. The van der Waals surface area contributed by atoms with E-state index in [2.05, 4.69) is 10.3 Å². The highest BCUT2D eigenvalue weighted by Crippen LogP contribution is 2.36. The second-order valence-corrected chi connectivity index (χ2v) is 8.63. The third-order valence-corrected chi connectivity index (χ3v) is 5.70. The molecule has 0 saturated carbocycles. The molecule has 1 aromatic heterocycles. The molecule has 10 heteroatoms. The fourth-order valence-electron chi connectivity index (χ4n) is 3.03. The van der Waals surface area contributed by atoms with E-state index in [0.717, 1.165) is 21.8 Å². The summed E-state index contributed by atoms with van der Waals surface area (Å²) >= 11 is 0. The third kappa shape index (κ3) is 4.38. The van der Waals surface area contributed by atoms with Gasteiger partial charge in [-0.25, -0.2) is 13.4 Å². The number of hydrogen-bond acceptors (Lipinski definition) is 6. The molecule has 0 spiro atoms. The molecule has 0 saturated heterocycles. The number of fused-ring (bicyclic) bond motifs is 1. The molecular formula is C20H20N4O5S. The van der Waals surface area contributed by atoms with E-state index in [1.54, 1.807) is 30.7 Å². The van der Waals surface area contributed by atoms with Gasteiger partial charge in [-0.2, -0.15) is 0 Å². The van der Waals surface area contributed by atoms with Gasteiger partial charge in [0.15, 0.2) is 11.5 Å². The van der Waals surface area contributed by atoms with Crippen molar-refractivity contribution in [2.24, 2.45) is 0 Å². The highest BCUT2D eigenvalue weighted by molar-refractivity contribution is 7.92. The van der Waals surface area contributed by atoms with Crippen LogP contribution in [0.15, 0.2) is 61.2 Å². The van der Waals surface area contributed by atoms with Gasteiger partial charge in [-0.15, -0.1) is 0 Å². The number of amides is 1. The standard InChI is InChI=1S/C20H20N4O5S/c1-30(26,27)24(17-6-7-18-19(10-17)29-14-28-18)12-20(25)22-11-15-2-4-16(5-3-15)23-9-8-21-13-23/h2-10,13H,11-12,14H2,1H3,(H,22,25). The van der Waals surface area contributed by atoms with Crippen LogP contribution in [-0.2, 0) is 21.4 Å². The normalized spacial score (nSPS) is 12.6. The van der Waals surface area contributed by atoms with Crippen LogP contribution in [0.3, 0.4) is 0 Å². The Morgan fingerprint density at radius 2 is 1.93 bits per heavy atom. The zero-order chi connectivity index (χ0) is 21.1. The lowest BCUT2D eigenvalue weighted by atomic mass is 10.2. The van der Waals surface area contributed by atoms with Crippen molar-refractivity contribution in [2.45, 2.75) is 6.54 Å². The number of nitrogens with one attached hydrogen (secondary N) is 1. The number of nitrogens with zero attached hydrogens (tertiary/aromatic N) is 3. The molecule has 0 unspecified atom stereocenters. The SMILES string of the molecule is CS(=O)(=O)N(CC(=O)NCc1ccc(-n2ccnc2)cc1)c1ccc2c(c1)OCO2. The average Bonchev–Trinajstić information content (AvgIpc) is 3.41. The average molecular weight is 428 g/mol. The molecule has 2 heterocycles. The van der Waals surface area contributed by atoms with Gasteiger partial charge in [0.05, 0.1) is 18.3 Å². The first-order valence-electron chi connectivity index (χ1n) is 9.11. The Hall–Kier alpha value is -3.53. The maximum atomic E-state index is 12.4. The maximum absolute atomic E-state index is 12.4. The summed E-state index contributed by atoms with van der Waals surface area (Å²) in [6, 6.07) is 12.4. The van der Waals surface area contributed by atoms with Crippen LogP contribution in [0.2, 0.25) is 0 Å². The highest BCUT2D eigenvalue weighted by Gasteiger charge is 2.23. The summed E-state index contributed by atoms with van der Waals surface area (Å²) in [4.78, 5) is 16.5. The first-order valence-corrected chi connectivity index (χ1v) is 11.0. The zero-order valence-corrected chi connectivity index (χ0v) is 17.0. The maximum Gasteiger partial charge on any atom is 0.241 e. The second kappa shape index (κ2) is 8.07. The van der Waals surface area contributed by atoms with Gasteiger partial charge < -0.3 is 19.4 Å². The minimum atomic E-state index is -3.68. The molecule has 1 aliphatic rings. The number of sulfonamides is 1. The molecule has 0 atom stereocenters. The number of anilines is 1. The number of benzene rings is 2. The van der Waals surface area contributed by atoms with Gasteiger partial charge in [0, 0.05) is 30.7 Å². The van der Waals surface area contributed by atoms with Crippen LogP contribution < -0.4 is 19.1 Å². The lowest BCUT2D eigenvalue weighted by molar-refractivity contribution is -0.119. The first-order chi connectivity index (χ1) is 14.4. The molecule has 0 fully saturated rings. The predicted octanol–water partition coefficient (Wildman–Crippen LogP) is 1.68. The number of ether oxygens (including phenoxy) is 2. The largest absolute Gasteiger partial charge is 0.454 e.